The lowest BCUT2D eigenvalue weighted by Crippen LogP contribution is -2.40. The van der Waals surface area contributed by atoms with Gasteiger partial charge >= 0.3 is 0 Å². The Kier molecular flexibility index (Phi) is 8.27. The molecule has 0 saturated carbocycles. The minimum absolute atomic E-state index is 0.126. The molecule has 0 spiro atoms. The first-order valence-electron chi connectivity index (χ1n) is 11.5. The fourth-order valence-electron chi connectivity index (χ4n) is 3.74. The van der Waals surface area contributed by atoms with Crippen molar-refractivity contribution in [2.75, 3.05) is 24.1 Å². The lowest BCUT2D eigenvalue weighted by atomic mass is 10.1. The first-order valence-corrected chi connectivity index (χ1v) is 13.7. The molecule has 0 aliphatic carbocycles. The molecular formula is C25H23BrN4O7S. The van der Waals surface area contributed by atoms with E-state index in [-0.39, 0.29) is 10.6 Å². The summed E-state index contributed by atoms with van der Waals surface area (Å²) in [5, 5.41) is 16.0. The Morgan fingerprint density at radius 1 is 1.08 bits per heavy atom. The number of halogens is 1. The van der Waals surface area contributed by atoms with E-state index in [1.165, 1.54) is 42.5 Å². The first kappa shape index (κ1) is 27.1. The van der Waals surface area contributed by atoms with Gasteiger partial charge in [-0.05, 0) is 48.9 Å². The highest BCUT2D eigenvalue weighted by atomic mass is 79.9. The van der Waals surface area contributed by atoms with Crippen molar-refractivity contribution >= 4 is 48.9 Å². The largest absolute Gasteiger partial charge is 0.486 e. The second-order valence-corrected chi connectivity index (χ2v) is 10.8. The summed E-state index contributed by atoms with van der Waals surface area (Å²) in [7, 11) is -4.35. The Labute approximate surface area is 227 Å². The number of sulfonamides is 1. The van der Waals surface area contributed by atoms with Gasteiger partial charge < -0.3 is 9.47 Å². The van der Waals surface area contributed by atoms with Gasteiger partial charge in [-0.15, -0.1) is 0 Å². The molecule has 1 heterocycles. The summed E-state index contributed by atoms with van der Waals surface area (Å²) in [4.78, 5) is 23.9. The number of nitro groups is 1. The third-order valence-electron chi connectivity index (χ3n) is 5.55. The van der Waals surface area contributed by atoms with Crippen LogP contribution in [0.5, 0.6) is 11.5 Å². The van der Waals surface area contributed by atoms with Crippen molar-refractivity contribution in [1.82, 2.24) is 5.43 Å². The van der Waals surface area contributed by atoms with E-state index in [4.69, 9.17) is 9.47 Å². The molecule has 13 heteroatoms. The summed E-state index contributed by atoms with van der Waals surface area (Å²) in [6.45, 7) is 1.97. The van der Waals surface area contributed by atoms with Crippen LogP contribution in [0.3, 0.4) is 0 Å². The molecular weight excluding hydrogens is 580 g/mol. The highest BCUT2D eigenvalue weighted by molar-refractivity contribution is 9.10. The molecule has 38 heavy (non-hydrogen) atoms. The summed E-state index contributed by atoms with van der Waals surface area (Å²) >= 11 is 3.17. The van der Waals surface area contributed by atoms with Gasteiger partial charge in [-0.2, -0.15) is 5.10 Å². The Morgan fingerprint density at radius 2 is 1.79 bits per heavy atom. The van der Waals surface area contributed by atoms with Crippen molar-refractivity contribution in [2.45, 2.75) is 18.2 Å². The third kappa shape index (κ3) is 5.94. The number of nitrogens with one attached hydrogen (secondary N) is 1. The SMILES string of the molecule is CCC(=NNC(=O)CN(c1ccc(Br)cc1[N+](=O)[O-])S(=O)(=O)c1ccccc1)c1ccc2c(c1)OCCO2. The molecule has 4 rings (SSSR count). The van der Waals surface area contributed by atoms with E-state index in [0.29, 0.717) is 51.2 Å². The maximum absolute atomic E-state index is 13.5. The van der Waals surface area contributed by atoms with Crippen LogP contribution in [0.4, 0.5) is 11.4 Å². The van der Waals surface area contributed by atoms with Crippen molar-refractivity contribution in [1.29, 1.82) is 0 Å². The standard InChI is InChI=1S/C25H23BrN4O7S/c1-2-20(17-8-11-23-24(14-17)37-13-12-36-23)27-28-25(31)16-29(38(34,35)19-6-4-3-5-7-19)21-10-9-18(26)15-22(21)30(32)33/h3-11,14-15H,2,12-13,16H2,1H3,(H,28,31). The number of hydrogen-bond acceptors (Lipinski definition) is 8. The van der Waals surface area contributed by atoms with E-state index in [1.807, 2.05) is 6.92 Å². The van der Waals surface area contributed by atoms with Gasteiger partial charge in [0.2, 0.25) is 0 Å². The number of hydrazone groups is 1. The van der Waals surface area contributed by atoms with Gasteiger partial charge in [0.15, 0.2) is 11.5 Å². The summed E-state index contributed by atoms with van der Waals surface area (Å²) in [5.41, 5.74) is 2.85. The van der Waals surface area contributed by atoms with E-state index in [2.05, 4.69) is 26.5 Å². The number of carbonyl (C=O) groups excluding carboxylic acids is 1. The zero-order valence-corrected chi connectivity index (χ0v) is 22.6. The zero-order valence-electron chi connectivity index (χ0n) is 20.2. The Morgan fingerprint density at radius 3 is 2.47 bits per heavy atom. The van der Waals surface area contributed by atoms with Gasteiger partial charge in [-0.1, -0.05) is 41.1 Å². The van der Waals surface area contributed by atoms with E-state index in [9.17, 15) is 23.3 Å². The van der Waals surface area contributed by atoms with E-state index in [1.54, 1.807) is 24.3 Å². The van der Waals surface area contributed by atoms with Crippen LogP contribution in [0.25, 0.3) is 0 Å². The maximum Gasteiger partial charge on any atom is 0.294 e. The minimum Gasteiger partial charge on any atom is -0.486 e. The van der Waals surface area contributed by atoms with Gasteiger partial charge in [0.1, 0.15) is 25.4 Å². The molecule has 11 nitrogen and oxygen atoms in total. The molecule has 1 aliphatic rings. The van der Waals surface area contributed by atoms with E-state index in [0.717, 1.165) is 0 Å². The predicted molar refractivity (Wildman–Crippen MR) is 144 cm³/mol. The van der Waals surface area contributed by atoms with Crippen molar-refractivity contribution < 1.29 is 27.6 Å². The number of rotatable bonds is 9. The number of nitrogens with zero attached hydrogens (tertiary/aromatic N) is 3. The average molecular weight is 603 g/mol. The Hall–Kier alpha value is -3.97. The molecule has 0 saturated heterocycles. The predicted octanol–water partition coefficient (Wildman–Crippen LogP) is 4.25. The van der Waals surface area contributed by atoms with Crippen molar-refractivity contribution in [3.05, 3.63) is 86.9 Å². The molecule has 0 aromatic heterocycles. The molecule has 0 atom stereocenters. The monoisotopic (exact) mass is 602 g/mol. The molecule has 1 amide bonds. The second-order valence-electron chi connectivity index (χ2n) is 8.02. The normalized spacial score (nSPS) is 13.1. The van der Waals surface area contributed by atoms with Crippen LogP contribution in [0, 0.1) is 10.1 Å². The molecule has 198 valence electrons. The number of amides is 1. The van der Waals surface area contributed by atoms with Gasteiger partial charge in [0, 0.05) is 16.1 Å². The molecule has 0 radical (unpaired) electrons. The lowest BCUT2D eigenvalue weighted by Gasteiger charge is -2.23. The number of anilines is 1. The zero-order chi connectivity index (χ0) is 27.3. The van der Waals surface area contributed by atoms with Crippen LogP contribution in [-0.4, -0.2) is 44.7 Å². The molecule has 0 fully saturated rings. The van der Waals surface area contributed by atoms with Crippen LogP contribution in [-0.2, 0) is 14.8 Å². The topological polar surface area (TPSA) is 140 Å². The highest BCUT2D eigenvalue weighted by Gasteiger charge is 2.32. The van der Waals surface area contributed by atoms with Crippen LogP contribution >= 0.6 is 15.9 Å². The van der Waals surface area contributed by atoms with E-state index >= 15 is 0 Å². The number of hydrogen-bond donors (Lipinski definition) is 1. The summed E-state index contributed by atoms with van der Waals surface area (Å²) < 4.78 is 39.3. The van der Waals surface area contributed by atoms with Crippen molar-refractivity contribution in [3.8, 4) is 11.5 Å². The molecule has 1 aliphatic heterocycles. The first-order chi connectivity index (χ1) is 18.2. The molecule has 0 unspecified atom stereocenters. The van der Waals surface area contributed by atoms with Crippen LogP contribution in [0.15, 0.2) is 81.2 Å². The van der Waals surface area contributed by atoms with Crippen LogP contribution in [0.2, 0.25) is 0 Å². The average Bonchev–Trinajstić information content (AvgIpc) is 2.92. The number of carbonyl (C=O) groups is 1. The number of benzene rings is 3. The number of ether oxygens (including phenoxy) is 2. The third-order valence-corrected chi connectivity index (χ3v) is 7.81. The van der Waals surface area contributed by atoms with Crippen molar-refractivity contribution in [2.24, 2.45) is 5.10 Å². The summed E-state index contributed by atoms with van der Waals surface area (Å²) in [6, 6.07) is 16.6. The number of nitro benzene ring substituents is 1. The van der Waals surface area contributed by atoms with Gasteiger partial charge in [-0.25, -0.2) is 18.1 Å². The quantitative estimate of drug-likeness (QED) is 0.219. The summed E-state index contributed by atoms with van der Waals surface area (Å²) in [6.07, 6.45) is 0.449. The van der Waals surface area contributed by atoms with Gasteiger partial charge in [0.05, 0.1) is 15.5 Å². The Bertz CT molecular complexity index is 1500. The van der Waals surface area contributed by atoms with Gasteiger partial charge in [0.25, 0.3) is 21.6 Å². The summed E-state index contributed by atoms with van der Waals surface area (Å²) in [5.74, 6) is 0.381. The second kappa shape index (κ2) is 11.6. The molecule has 3 aromatic rings. The van der Waals surface area contributed by atoms with Gasteiger partial charge in [-0.3, -0.25) is 14.9 Å². The fraction of sp³-hybridized carbons (Fsp3) is 0.200. The highest BCUT2D eigenvalue weighted by Crippen LogP contribution is 2.35. The van der Waals surface area contributed by atoms with Crippen LogP contribution < -0.4 is 19.2 Å². The minimum atomic E-state index is -4.35. The van der Waals surface area contributed by atoms with Crippen LogP contribution in [0.1, 0.15) is 18.9 Å². The maximum atomic E-state index is 13.5. The fourth-order valence-corrected chi connectivity index (χ4v) is 5.54. The smallest absolute Gasteiger partial charge is 0.294 e. The lowest BCUT2D eigenvalue weighted by molar-refractivity contribution is -0.384. The van der Waals surface area contributed by atoms with E-state index < -0.39 is 33.1 Å². The Balaban J connectivity index is 1.65. The molecule has 3 aromatic carbocycles. The molecule has 0 bridgehead atoms. The number of fused-ring (bicyclic) bond motifs is 1. The van der Waals surface area contributed by atoms with Crippen molar-refractivity contribution in [3.63, 3.8) is 0 Å². The molecule has 1 N–H and O–H groups in total.